The molecule has 1 aromatic rings. The van der Waals surface area contributed by atoms with E-state index in [1.807, 2.05) is 13.8 Å². The number of carbonyl (C=O) groups excluding carboxylic acids is 2. The summed E-state index contributed by atoms with van der Waals surface area (Å²) >= 11 is 0. The summed E-state index contributed by atoms with van der Waals surface area (Å²) in [5.41, 5.74) is 0.671. The lowest BCUT2D eigenvalue weighted by atomic mass is 10.0. The first kappa shape index (κ1) is 28.7. The fourth-order valence-electron chi connectivity index (χ4n) is 3.93. The minimum atomic E-state index is -4.26. The van der Waals surface area contributed by atoms with Crippen molar-refractivity contribution in [2.75, 3.05) is 52.3 Å². The number of fused-ring (bicyclic) bond motifs is 1. The van der Waals surface area contributed by atoms with Crippen LogP contribution in [0.4, 0.5) is 23.7 Å². The number of methoxy groups -OCH3 is 1. The van der Waals surface area contributed by atoms with E-state index in [9.17, 15) is 22.8 Å². The van der Waals surface area contributed by atoms with Gasteiger partial charge in [-0.1, -0.05) is 13.8 Å². The molecule has 0 unspecified atom stereocenters. The molecule has 1 aliphatic heterocycles. The smallest absolute Gasteiger partial charge is 0.390 e. The van der Waals surface area contributed by atoms with Gasteiger partial charge in [-0.15, -0.1) is 0 Å². The van der Waals surface area contributed by atoms with Crippen molar-refractivity contribution in [3.63, 3.8) is 0 Å². The average molecular weight is 503 g/mol. The Bertz CT molecular complexity index is 853. The maximum absolute atomic E-state index is 13.3. The zero-order valence-electron chi connectivity index (χ0n) is 21.1. The quantitative estimate of drug-likeness (QED) is 0.615. The number of nitrogens with one attached hydrogen (secondary N) is 2. The molecule has 8 nitrogen and oxygen atoms in total. The van der Waals surface area contributed by atoms with Gasteiger partial charge in [-0.2, -0.15) is 13.2 Å². The monoisotopic (exact) mass is 502 g/mol. The second-order valence-corrected chi connectivity index (χ2v) is 9.05. The molecule has 3 amide bonds. The highest BCUT2D eigenvalue weighted by molar-refractivity contribution is 5.99. The molecule has 2 N–H and O–H groups in total. The van der Waals surface area contributed by atoms with Crippen molar-refractivity contribution >= 4 is 17.6 Å². The summed E-state index contributed by atoms with van der Waals surface area (Å²) in [6.45, 7) is 6.70. The molecule has 0 saturated carbocycles. The molecule has 35 heavy (non-hydrogen) atoms. The van der Waals surface area contributed by atoms with E-state index < -0.39 is 12.6 Å². The Balaban J connectivity index is 2.35. The van der Waals surface area contributed by atoms with Crippen molar-refractivity contribution in [1.82, 2.24) is 15.1 Å². The van der Waals surface area contributed by atoms with E-state index in [2.05, 4.69) is 10.6 Å². The van der Waals surface area contributed by atoms with Gasteiger partial charge in [0, 0.05) is 52.1 Å². The lowest BCUT2D eigenvalue weighted by molar-refractivity contribution is -0.140. The predicted molar refractivity (Wildman–Crippen MR) is 128 cm³/mol. The van der Waals surface area contributed by atoms with Gasteiger partial charge < -0.3 is 25.0 Å². The second-order valence-electron chi connectivity index (χ2n) is 9.05. The molecule has 198 valence electrons. The van der Waals surface area contributed by atoms with Crippen LogP contribution in [0.5, 0.6) is 5.75 Å². The average Bonchev–Trinajstić information content (AvgIpc) is 2.80. The van der Waals surface area contributed by atoms with Gasteiger partial charge in [-0.25, -0.2) is 4.79 Å². The molecular formula is C24H37F3N4O4. The number of hydrogen-bond acceptors (Lipinski definition) is 5. The van der Waals surface area contributed by atoms with Gasteiger partial charge in [0.1, 0.15) is 12.4 Å². The Labute approximate surface area is 205 Å². The van der Waals surface area contributed by atoms with Gasteiger partial charge in [0.05, 0.1) is 18.1 Å². The van der Waals surface area contributed by atoms with Crippen LogP contribution in [0.25, 0.3) is 0 Å². The number of hydrogen-bond donors (Lipinski definition) is 2. The molecular weight excluding hydrogens is 465 g/mol. The molecule has 0 bridgehead atoms. The number of alkyl halides is 3. The third-order valence-electron chi connectivity index (χ3n) is 6.05. The number of amides is 3. The zero-order valence-corrected chi connectivity index (χ0v) is 21.1. The topological polar surface area (TPSA) is 83.1 Å². The summed E-state index contributed by atoms with van der Waals surface area (Å²) in [5, 5.41) is 5.42. The Morgan fingerprint density at radius 1 is 1.26 bits per heavy atom. The van der Waals surface area contributed by atoms with Gasteiger partial charge in [0.2, 0.25) is 0 Å². The predicted octanol–water partition coefficient (Wildman–Crippen LogP) is 3.98. The van der Waals surface area contributed by atoms with Crippen molar-refractivity contribution in [2.45, 2.75) is 51.9 Å². The summed E-state index contributed by atoms with van der Waals surface area (Å²) in [4.78, 5) is 28.6. The van der Waals surface area contributed by atoms with Crippen molar-refractivity contribution in [1.29, 1.82) is 0 Å². The van der Waals surface area contributed by atoms with Crippen molar-refractivity contribution in [2.24, 2.45) is 5.92 Å². The molecule has 1 aliphatic rings. The maximum atomic E-state index is 13.3. The number of likely N-dealkylation sites (N-methyl/N-ethyl adjacent to an activating group) is 1. The Hall–Kier alpha value is -2.53. The number of carbonyl (C=O) groups is 2. The van der Waals surface area contributed by atoms with Crippen molar-refractivity contribution in [3.05, 3.63) is 23.8 Å². The molecule has 0 aromatic heterocycles. The first-order valence-electron chi connectivity index (χ1n) is 11.9. The van der Waals surface area contributed by atoms with E-state index in [-0.39, 0.29) is 55.3 Å². The van der Waals surface area contributed by atoms with E-state index in [1.54, 1.807) is 37.1 Å². The first-order valence-corrected chi connectivity index (χ1v) is 11.9. The van der Waals surface area contributed by atoms with Gasteiger partial charge in [-0.3, -0.25) is 9.69 Å². The van der Waals surface area contributed by atoms with Crippen molar-refractivity contribution in [3.8, 4) is 5.75 Å². The van der Waals surface area contributed by atoms with E-state index in [1.165, 1.54) is 12.0 Å². The van der Waals surface area contributed by atoms with Crippen LogP contribution >= 0.6 is 0 Å². The molecule has 0 aliphatic carbocycles. The standard InChI is InChI=1S/C24H37F3N4O4/c1-6-10-28-23(33)29-18-7-8-20-19(12-18)22(32)30(4)14-21(34-5)16(2)13-31(17(3)15-35-20)11-9-24(25,26)27/h7-8,12,16-17,21H,6,9-11,13-15H2,1-5H3,(H2,28,29,33)/t16-,17+,21+/m1/s1. The fourth-order valence-corrected chi connectivity index (χ4v) is 3.93. The van der Waals surface area contributed by atoms with Crippen LogP contribution in [-0.2, 0) is 4.74 Å². The highest BCUT2D eigenvalue weighted by Crippen LogP contribution is 2.27. The van der Waals surface area contributed by atoms with Gasteiger partial charge in [0.15, 0.2) is 0 Å². The first-order chi connectivity index (χ1) is 16.4. The summed E-state index contributed by atoms with van der Waals surface area (Å²) < 4.78 is 50.4. The third-order valence-corrected chi connectivity index (χ3v) is 6.05. The number of halogens is 3. The molecule has 0 spiro atoms. The highest BCUT2D eigenvalue weighted by Gasteiger charge is 2.32. The summed E-state index contributed by atoms with van der Waals surface area (Å²) in [7, 11) is 3.16. The molecule has 0 fully saturated rings. The van der Waals surface area contributed by atoms with E-state index in [0.29, 0.717) is 24.5 Å². The number of ether oxygens (including phenoxy) is 2. The second kappa shape index (κ2) is 13.0. The fraction of sp³-hybridized carbons (Fsp3) is 0.667. The van der Waals surface area contributed by atoms with E-state index >= 15 is 0 Å². The summed E-state index contributed by atoms with van der Waals surface area (Å²) in [5.74, 6) is -0.152. The molecule has 11 heteroatoms. The van der Waals surface area contributed by atoms with E-state index in [4.69, 9.17) is 9.47 Å². The Morgan fingerprint density at radius 2 is 1.97 bits per heavy atom. The van der Waals surface area contributed by atoms with Crippen LogP contribution in [0.15, 0.2) is 18.2 Å². The molecule has 1 aromatic carbocycles. The maximum Gasteiger partial charge on any atom is 0.390 e. The van der Waals surface area contributed by atoms with Gasteiger partial charge >= 0.3 is 12.2 Å². The highest BCUT2D eigenvalue weighted by atomic mass is 19.4. The minimum absolute atomic E-state index is 0.0932. The minimum Gasteiger partial charge on any atom is -0.491 e. The largest absolute Gasteiger partial charge is 0.491 e. The van der Waals surface area contributed by atoms with E-state index in [0.717, 1.165) is 6.42 Å². The van der Waals surface area contributed by atoms with Gasteiger partial charge in [0.25, 0.3) is 5.91 Å². The molecule has 1 heterocycles. The lowest BCUT2D eigenvalue weighted by Gasteiger charge is -2.36. The Kier molecular flexibility index (Phi) is 10.6. The van der Waals surface area contributed by atoms with Crippen LogP contribution in [-0.4, -0.2) is 87.0 Å². The third kappa shape index (κ3) is 8.88. The number of benzene rings is 1. The Morgan fingerprint density at radius 3 is 2.60 bits per heavy atom. The summed E-state index contributed by atoms with van der Waals surface area (Å²) in [6.07, 6.45) is -4.78. The molecule has 0 radical (unpaired) electrons. The number of rotatable bonds is 6. The van der Waals surface area contributed by atoms with Gasteiger partial charge in [-0.05, 0) is 37.5 Å². The molecule has 3 atom stereocenters. The molecule has 0 saturated heterocycles. The summed E-state index contributed by atoms with van der Waals surface area (Å²) in [6, 6.07) is 4.03. The zero-order chi connectivity index (χ0) is 26.2. The number of urea groups is 1. The van der Waals surface area contributed by atoms with Crippen LogP contribution in [0.1, 0.15) is 44.0 Å². The lowest BCUT2D eigenvalue weighted by Crippen LogP contribution is -2.47. The molecule has 2 rings (SSSR count). The SMILES string of the molecule is CCCNC(=O)Nc1ccc2c(c1)C(=O)N(C)C[C@H](OC)[C@H](C)CN(CCC(F)(F)F)[C@@H](C)CO2. The van der Waals surface area contributed by atoms with Crippen LogP contribution in [0.3, 0.4) is 0 Å². The van der Waals surface area contributed by atoms with Crippen molar-refractivity contribution < 1.29 is 32.2 Å². The number of nitrogens with zero attached hydrogens (tertiary/aromatic N) is 2. The van der Waals surface area contributed by atoms with Crippen LogP contribution < -0.4 is 15.4 Å². The normalized spacial score (nSPS) is 22.5. The van der Waals surface area contributed by atoms with Crippen LogP contribution in [0.2, 0.25) is 0 Å². The number of anilines is 1. The van der Waals surface area contributed by atoms with Crippen LogP contribution in [0, 0.1) is 5.92 Å².